The Morgan fingerprint density at radius 1 is 1.00 bits per heavy atom. The van der Waals surface area contributed by atoms with E-state index in [1.165, 1.54) is 0 Å². The number of benzene rings is 2. The highest BCUT2D eigenvalue weighted by molar-refractivity contribution is 6.07. The summed E-state index contributed by atoms with van der Waals surface area (Å²) in [5.41, 5.74) is 4.38. The Bertz CT molecular complexity index is 1240. The molecule has 1 aliphatic rings. The Kier molecular flexibility index (Phi) is 5.27. The zero-order chi connectivity index (χ0) is 22.1. The number of hydrogen-bond donors (Lipinski definition) is 0. The van der Waals surface area contributed by atoms with Gasteiger partial charge in [0.2, 0.25) is 0 Å². The molecule has 162 valence electrons. The summed E-state index contributed by atoms with van der Waals surface area (Å²) in [6.07, 6.45) is 1.62. The lowest BCUT2D eigenvalue weighted by Gasteiger charge is -2.36. The second-order valence-electron chi connectivity index (χ2n) is 8.03. The van der Waals surface area contributed by atoms with Crippen LogP contribution in [0.15, 0.2) is 71.3 Å². The molecule has 4 aromatic rings. The smallest absolute Gasteiger partial charge is 0.254 e. The maximum atomic E-state index is 13.6. The topological polar surface area (TPSA) is 58.8 Å². The summed E-state index contributed by atoms with van der Waals surface area (Å²) in [6, 6.07) is 19.6. The lowest BCUT2D eigenvalue weighted by atomic mass is 10.0. The maximum Gasteiger partial charge on any atom is 0.254 e. The predicted octanol–water partition coefficient (Wildman–Crippen LogP) is 4.77. The molecule has 1 fully saturated rings. The van der Waals surface area contributed by atoms with Crippen LogP contribution in [0.25, 0.3) is 22.4 Å². The molecule has 1 aliphatic heterocycles. The first-order chi connectivity index (χ1) is 15.6. The molecule has 0 saturated carbocycles. The van der Waals surface area contributed by atoms with Crippen LogP contribution < -0.4 is 9.64 Å². The molecular formula is C26H25N3O3. The first-order valence-electron chi connectivity index (χ1n) is 10.8. The third-order valence-corrected chi connectivity index (χ3v) is 5.97. The van der Waals surface area contributed by atoms with Gasteiger partial charge < -0.3 is 19.0 Å². The van der Waals surface area contributed by atoms with Crippen LogP contribution in [0, 0.1) is 6.92 Å². The number of piperazine rings is 1. The van der Waals surface area contributed by atoms with Crippen LogP contribution in [-0.2, 0) is 0 Å². The second-order valence-corrected chi connectivity index (χ2v) is 8.03. The number of nitrogens with zero attached hydrogens (tertiary/aromatic N) is 3. The van der Waals surface area contributed by atoms with Crippen LogP contribution in [0.1, 0.15) is 15.9 Å². The van der Waals surface area contributed by atoms with E-state index in [1.807, 2.05) is 60.4 Å². The van der Waals surface area contributed by atoms with Crippen LogP contribution in [0.2, 0.25) is 0 Å². The van der Waals surface area contributed by atoms with Crippen molar-refractivity contribution in [1.82, 2.24) is 9.88 Å². The lowest BCUT2D eigenvalue weighted by molar-refractivity contribution is 0.0748. The molecule has 5 rings (SSSR count). The van der Waals surface area contributed by atoms with Gasteiger partial charge in [-0.1, -0.05) is 11.6 Å². The minimum atomic E-state index is 0.0326. The van der Waals surface area contributed by atoms with Crippen molar-refractivity contribution in [2.45, 2.75) is 6.92 Å². The Balaban J connectivity index is 1.41. The van der Waals surface area contributed by atoms with Gasteiger partial charge in [0.05, 0.1) is 24.5 Å². The number of amides is 1. The van der Waals surface area contributed by atoms with E-state index in [9.17, 15) is 4.79 Å². The third kappa shape index (κ3) is 3.80. The number of rotatable bonds is 4. The summed E-state index contributed by atoms with van der Waals surface area (Å²) in [5.74, 6) is 1.53. The van der Waals surface area contributed by atoms with Gasteiger partial charge >= 0.3 is 0 Å². The van der Waals surface area contributed by atoms with Crippen molar-refractivity contribution in [3.63, 3.8) is 0 Å². The van der Waals surface area contributed by atoms with Gasteiger partial charge in [0.1, 0.15) is 11.4 Å². The predicted molar refractivity (Wildman–Crippen MR) is 125 cm³/mol. The van der Waals surface area contributed by atoms with E-state index in [0.29, 0.717) is 30.1 Å². The zero-order valence-corrected chi connectivity index (χ0v) is 18.2. The molecular weight excluding hydrogens is 402 g/mol. The van der Waals surface area contributed by atoms with Crippen molar-refractivity contribution in [2.75, 3.05) is 38.2 Å². The number of aryl methyl sites for hydroxylation is 1. The molecule has 2 aromatic heterocycles. The zero-order valence-electron chi connectivity index (χ0n) is 18.2. The average Bonchev–Trinajstić information content (AvgIpc) is 3.38. The van der Waals surface area contributed by atoms with Crippen molar-refractivity contribution in [2.24, 2.45) is 0 Å². The molecule has 3 heterocycles. The highest BCUT2D eigenvalue weighted by Crippen LogP contribution is 2.28. The highest BCUT2D eigenvalue weighted by atomic mass is 16.5. The normalized spacial score (nSPS) is 14.1. The third-order valence-electron chi connectivity index (χ3n) is 5.97. The number of anilines is 1. The summed E-state index contributed by atoms with van der Waals surface area (Å²) in [7, 11) is 1.67. The minimum absolute atomic E-state index is 0.0326. The van der Waals surface area contributed by atoms with Gasteiger partial charge in [-0.15, -0.1) is 0 Å². The number of carbonyl (C=O) groups excluding carboxylic acids is 1. The fourth-order valence-electron chi connectivity index (χ4n) is 4.20. The molecule has 0 aliphatic carbocycles. The highest BCUT2D eigenvalue weighted by Gasteiger charge is 2.25. The molecule has 0 radical (unpaired) electrons. The quantitative estimate of drug-likeness (QED) is 0.469. The number of fused-ring (bicyclic) bond motifs is 1. The van der Waals surface area contributed by atoms with Gasteiger partial charge in [-0.25, -0.2) is 4.98 Å². The molecule has 0 bridgehead atoms. The molecule has 32 heavy (non-hydrogen) atoms. The summed E-state index contributed by atoms with van der Waals surface area (Å²) in [5, 5.41) is 0.878. The summed E-state index contributed by atoms with van der Waals surface area (Å²) >= 11 is 0. The Hall–Kier alpha value is -3.80. The van der Waals surface area contributed by atoms with E-state index < -0.39 is 0 Å². The van der Waals surface area contributed by atoms with E-state index >= 15 is 0 Å². The number of ether oxygens (including phenoxy) is 1. The fraction of sp³-hybridized carbons (Fsp3) is 0.231. The molecule has 2 aromatic carbocycles. The van der Waals surface area contributed by atoms with Gasteiger partial charge in [0, 0.05) is 37.3 Å². The largest absolute Gasteiger partial charge is 0.497 e. The van der Waals surface area contributed by atoms with Crippen molar-refractivity contribution in [3.8, 4) is 17.2 Å². The van der Waals surface area contributed by atoms with Crippen LogP contribution in [0.5, 0.6) is 5.75 Å². The SMILES string of the molecule is COc1ccc(N2CCN(C(=O)c3cc(-c4ccco4)nc4ccc(C)cc34)CC2)cc1. The molecule has 0 spiro atoms. The number of aromatic nitrogens is 1. The van der Waals surface area contributed by atoms with Gasteiger partial charge in [-0.2, -0.15) is 0 Å². The molecule has 6 nitrogen and oxygen atoms in total. The maximum absolute atomic E-state index is 13.6. The average molecular weight is 428 g/mol. The number of carbonyl (C=O) groups is 1. The first kappa shape index (κ1) is 20.1. The molecule has 6 heteroatoms. The lowest BCUT2D eigenvalue weighted by Crippen LogP contribution is -2.48. The van der Waals surface area contributed by atoms with E-state index in [-0.39, 0.29) is 5.91 Å². The number of hydrogen-bond acceptors (Lipinski definition) is 5. The van der Waals surface area contributed by atoms with E-state index in [4.69, 9.17) is 14.1 Å². The molecule has 1 amide bonds. The van der Waals surface area contributed by atoms with Gasteiger partial charge in [0.15, 0.2) is 5.76 Å². The Morgan fingerprint density at radius 3 is 2.47 bits per heavy atom. The standard InChI is InChI=1S/C26H25N3O3/c1-18-5-10-23-21(16-18)22(17-24(27-23)25-4-3-15-32-25)26(30)29-13-11-28(12-14-29)19-6-8-20(31-2)9-7-19/h3-10,15-17H,11-14H2,1-2H3. The van der Waals surface area contributed by atoms with Crippen LogP contribution in [0.3, 0.4) is 0 Å². The van der Waals surface area contributed by atoms with E-state index in [0.717, 1.165) is 41.0 Å². The van der Waals surface area contributed by atoms with Crippen molar-refractivity contribution in [1.29, 1.82) is 0 Å². The van der Waals surface area contributed by atoms with Gasteiger partial charge in [-0.05, 0) is 61.5 Å². The summed E-state index contributed by atoms with van der Waals surface area (Å²) in [4.78, 5) is 22.6. The van der Waals surface area contributed by atoms with Gasteiger partial charge in [0.25, 0.3) is 5.91 Å². The van der Waals surface area contributed by atoms with Crippen LogP contribution in [0.4, 0.5) is 5.69 Å². The van der Waals surface area contributed by atoms with E-state index in [2.05, 4.69) is 17.0 Å². The summed E-state index contributed by atoms with van der Waals surface area (Å²) in [6.45, 7) is 4.92. The monoisotopic (exact) mass is 427 g/mol. The molecule has 0 N–H and O–H groups in total. The van der Waals surface area contributed by atoms with Gasteiger partial charge in [-0.3, -0.25) is 4.79 Å². The fourth-order valence-corrected chi connectivity index (χ4v) is 4.20. The number of pyridine rings is 1. The van der Waals surface area contributed by atoms with E-state index in [1.54, 1.807) is 13.4 Å². The Morgan fingerprint density at radius 2 is 1.78 bits per heavy atom. The van der Waals surface area contributed by atoms with Crippen molar-refractivity contribution in [3.05, 3.63) is 78.1 Å². The molecule has 0 unspecified atom stereocenters. The second kappa shape index (κ2) is 8.38. The van der Waals surface area contributed by atoms with Crippen molar-refractivity contribution < 1.29 is 13.9 Å². The first-order valence-corrected chi connectivity index (χ1v) is 10.8. The molecule has 1 saturated heterocycles. The Labute approximate surface area is 187 Å². The van der Waals surface area contributed by atoms with Crippen LogP contribution >= 0.6 is 0 Å². The number of methoxy groups -OCH3 is 1. The summed E-state index contributed by atoms with van der Waals surface area (Å²) < 4.78 is 10.8. The molecule has 0 atom stereocenters. The van der Waals surface area contributed by atoms with Crippen molar-refractivity contribution >= 4 is 22.5 Å². The van der Waals surface area contributed by atoms with Crippen LogP contribution in [-0.4, -0.2) is 49.1 Å². The minimum Gasteiger partial charge on any atom is -0.497 e. The number of furan rings is 1.